The standard InChI is InChI=1S/C18H24O3/c1-11(2)13-10-9-12(3)16(17(13)19)18(20)14-7-5-6-8-15(14)21-4/h5-8,11-13,16H,9-10H2,1-4H3/t12-,13-,16-/m0/s1. The summed E-state index contributed by atoms with van der Waals surface area (Å²) in [6.45, 7) is 6.12. The first-order chi connectivity index (χ1) is 9.97. The van der Waals surface area contributed by atoms with Gasteiger partial charge in [0.05, 0.1) is 18.6 Å². The van der Waals surface area contributed by atoms with Crippen molar-refractivity contribution in [2.45, 2.75) is 33.6 Å². The van der Waals surface area contributed by atoms with Crippen LogP contribution in [0.4, 0.5) is 0 Å². The number of hydrogen-bond donors (Lipinski definition) is 0. The molecule has 114 valence electrons. The normalized spacial score (nSPS) is 26.0. The van der Waals surface area contributed by atoms with Gasteiger partial charge in [0.1, 0.15) is 11.5 Å². The van der Waals surface area contributed by atoms with Crippen molar-refractivity contribution in [2.75, 3.05) is 7.11 Å². The van der Waals surface area contributed by atoms with Gasteiger partial charge in [-0.25, -0.2) is 0 Å². The molecule has 1 aliphatic rings. The highest BCUT2D eigenvalue weighted by Gasteiger charge is 2.42. The fraction of sp³-hybridized carbons (Fsp3) is 0.556. The van der Waals surface area contributed by atoms with Gasteiger partial charge >= 0.3 is 0 Å². The summed E-state index contributed by atoms with van der Waals surface area (Å²) >= 11 is 0. The lowest BCUT2D eigenvalue weighted by Crippen LogP contribution is -2.41. The minimum Gasteiger partial charge on any atom is -0.496 e. The van der Waals surface area contributed by atoms with E-state index in [2.05, 4.69) is 13.8 Å². The molecule has 3 heteroatoms. The fourth-order valence-corrected chi connectivity index (χ4v) is 3.33. The molecule has 3 nitrogen and oxygen atoms in total. The SMILES string of the molecule is COc1ccccc1C(=O)[C@@H]1C(=O)[C@H](C(C)C)CC[C@@H]1C. The smallest absolute Gasteiger partial charge is 0.177 e. The highest BCUT2D eigenvalue weighted by molar-refractivity contribution is 6.13. The van der Waals surface area contributed by atoms with Gasteiger partial charge in [-0.15, -0.1) is 0 Å². The quantitative estimate of drug-likeness (QED) is 0.626. The second-order valence-electron chi connectivity index (χ2n) is 6.35. The van der Waals surface area contributed by atoms with Crippen molar-refractivity contribution in [1.82, 2.24) is 0 Å². The average molecular weight is 288 g/mol. The van der Waals surface area contributed by atoms with Crippen LogP contribution >= 0.6 is 0 Å². The molecule has 1 aromatic carbocycles. The topological polar surface area (TPSA) is 43.4 Å². The number of ether oxygens (including phenoxy) is 1. The minimum absolute atomic E-state index is 0.00450. The summed E-state index contributed by atoms with van der Waals surface area (Å²) < 4.78 is 5.27. The van der Waals surface area contributed by atoms with E-state index >= 15 is 0 Å². The Balaban J connectivity index is 2.34. The molecule has 0 aliphatic heterocycles. The van der Waals surface area contributed by atoms with Gasteiger partial charge in [0, 0.05) is 5.92 Å². The molecule has 1 aliphatic carbocycles. The number of ketones is 2. The van der Waals surface area contributed by atoms with Crippen LogP contribution in [0, 0.1) is 23.7 Å². The number of para-hydroxylation sites is 1. The van der Waals surface area contributed by atoms with E-state index in [1.807, 2.05) is 19.1 Å². The summed E-state index contributed by atoms with van der Waals surface area (Å²) in [4.78, 5) is 25.6. The number of Topliss-reactive ketones (excluding diaryl/α,β-unsaturated/α-hetero) is 2. The Morgan fingerprint density at radius 2 is 1.90 bits per heavy atom. The van der Waals surface area contributed by atoms with Crippen LogP contribution in [-0.2, 0) is 4.79 Å². The molecule has 1 fully saturated rings. The number of methoxy groups -OCH3 is 1. The van der Waals surface area contributed by atoms with Crippen molar-refractivity contribution in [1.29, 1.82) is 0 Å². The van der Waals surface area contributed by atoms with Gasteiger partial charge in [-0.1, -0.05) is 32.9 Å². The first-order valence-corrected chi connectivity index (χ1v) is 7.68. The Morgan fingerprint density at radius 3 is 2.52 bits per heavy atom. The van der Waals surface area contributed by atoms with E-state index in [1.165, 1.54) is 0 Å². The van der Waals surface area contributed by atoms with Gasteiger partial charge in [-0.05, 0) is 36.8 Å². The van der Waals surface area contributed by atoms with Crippen LogP contribution in [0.2, 0.25) is 0 Å². The summed E-state index contributed by atoms with van der Waals surface area (Å²) in [7, 11) is 1.55. The summed E-state index contributed by atoms with van der Waals surface area (Å²) in [5.41, 5.74) is 0.523. The molecule has 3 atom stereocenters. The first kappa shape index (κ1) is 15.7. The molecule has 2 rings (SSSR count). The van der Waals surface area contributed by atoms with Crippen molar-refractivity contribution in [3.05, 3.63) is 29.8 Å². The molecule has 21 heavy (non-hydrogen) atoms. The molecule has 0 amide bonds. The van der Waals surface area contributed by atoms with Crippen molar-refractivity contribution < 1.29 is 14.3 Å². The van der Waals surface area contributed by atoms with Crippen LogP contribution in [0.5, 0.6) is 5.75 Å². The Kier molecular flexibility index (Phi) is 4.81. The Hall–Kier alpha value is -1.64. The molecule has 0 N–H and O–H groups in total. The van der Waals surface area contributed by atoms with Crippen molar-refractivity contribution >= 4 is 11.6 Å². The van der Waals surface area contributed by atoms with E-state index < -0.39 is 5.92 Å². The zero-order chi connectivity index (χ0) is 15.6. The van der Waals surface area contributed by atoms with Crippen LogP contribution in [-0.4, -0.2) is 18.7 Å². The van der Waals surface area contributed by atoms with Crippen LogP contribution in [0.25, 0.3) is 0 Å². The highest BCUT2D eigenvalue weighted by Crippen LogP contribution is 2.37. The number of benzene rings is 1. The van der Waals surface area contributed by atoms with E-state index in [0.29, 0.717) is 11.3 Å². The second kappa shape index (κ2) is 6.42. The fourth-order valence-electron chi connectivity index (χ4n) is 3.33. The monoisotopic (exact) mass is 288 g/mol. The summed E-state index contributed by atoms with van der Waals surface area (Å²) in [5, 5.41) is 0. The van der Waals surface area contributed by atoms with Crippen LogP contribution in [0.3, 0.4) is 0 Å². The summed E-state index contributed by atoms with van der Waals surface area (Å²) in [6, 6.07) is 7.16. The lowest BCUT2D eigenvalue weighted by Gasteiger charge is -2.34. The van der Waals surface area contributed by atoms with Crippen molar-refractivity contribution in [2.24, 2.45) is 23.7 Å². The molecule has 0 spiro atoms. The van der Waals surface area contributed by atoms with Gasteiger partial charge in [-0.3, -0.25) is 9.59 Å². The third-order valence-electron chi connectivity index (χ3n) is 4.63. The van der Waals surface area contributed by atoms with Crippen LogP contribution in [0.1, 0.15) is 44.0 Å². The van der Waals surface area contributed by atoms with E-state index in [4.69, 9.17) is 4.74 Å². The molecule has 0 heterocycles. The largest absolute Gasteiger partial charge is 0.496 e. The third kappa shape index (κ3) is 3.02. The maximum absolute atomic E-state index is 12.9. The van der Waals surface area contributed by atoms with Gasteiger partial charge in [0.15, 0.2) is 5.78 Å². The molecular formula is C18H24O3. The molecule has 0 aromatic heterocycles. The average Bonchev–Trinajstić information content (AvgIpc) is 2.46. The zero-order valence-electron chi connectivity index (χ0n) is 13.3. The molecule has 0 radical (unpaired) electrons. The number of carbonyl (C=O) groups excluding carboxylic acids is 2. The molecule has 1 aromatic rings. The van der Waals surface area contributed by atoms with Crippen molar-refractivity contribution in [3.8, 4) is 5.75 Å². The predicted octanol–water partition coefficient (Wildman–Crippen LogP) is 3.77. The van der Waals surface area contributed by atoms with E-state index in [-0.39, 0.29) is 29.3 Å². The first-order valence-electron chi connectivity index (χ1n) is 7.68. The minimum atomic E-state index is -0.526. The maximum Gasteiger partial charge on any atom is 0.177 e. The lowest BCUT2D eigenvalue weighted by atomic mass is 9.68. The molecule has 0 unspecified atom stereocenters. The molecule has 0 bridgehead atoms. The van der Waals surface area contributed by atoms with E-state index in [9.17, 15) is 9.59 Å². The van der Waals surface area contributed by atoms with Gasteiger partial charge in [0.25, 0.3) is 0 Å². The molecule has 1 saturated carbocycles. The number of carbonyl (C=O) groups is 2. The maximum atomic E-state index is 12.9. The zero-order valence-corrected chi connectivity index (χ0v) is 13.3. The Bertz CT molecular complexity index is 533. The Morgan fingerprint density at radius 1 is 1.24 bits per heavy atom. The number of rotatable bonds is 4. The van der Waals surface area contributed by atoms with Crippen LogP contribution in [0.15, 0.2) is 24.3 Å². The van der Waals surface area contributed by atoms with Gasteiger partial charge < -0.3 is 4.74 Å². The van der Waals surface area contributed by atoms with E-state index in [0.717, 1.165) is 12.8 Å². The lowest BCUT2D eigenvalue weighted by molar-refractivity contribution is -0.130. The number of hydrogen-bond acceptors (Lipinski definition) is 3. The summed E-state index contributed by atoms with van der Waals surface area (Å²) in [6.07, 6.45) is 1.83. The van der Waals surface area contributed by atoms with Crippen molar-refractivity contribution in [3.63, 3.8) is 0 Å². The Labute approximate surface area is 126 Å². The second-order valence-corrected chi connectivity index (χ2v) is 6.35. The molecular weight excluding hydrogens is 264 g/mol. The van der Waals surface area contributed by atoms with Gasteiger partial charge in [-0.2, -0.15) is 0 Å². The third-order valence-corrected chi connectivity index (χ3v) is 4.63. The predicted molar refractivity (Wildman–Crippen MR) is 82.5 cm³/mol. The van der Waals surface area contributed by atoms with Crippen LogP contribution < -0.4 is 4.74 Å². The summed E-state index contributed by atoms with van der Waals surface area (Å²) in [5.74, 6) is 0.444. The van der Waals surface area contributed by atoms with Gasteiger partial charge in [0.2, 0.25) is 0 Å². The highest BCUT2D eigenvalue weighted by atomic mass is 16.5. The molecule has 0 saturated heterocycles. The van der Waals surface area contributed by atoms with E-state index in [1.54, 1.807) is 19.2 Å².